The van der Waals surface area contributed by atoms with Gasteiger partial charge in [-0.15, -0.1) is 0 Å². The fourth-order valence-electron chi connectivity index (χ4n) is 4.30. The number of likely N-dealkylation sites (tertiary alicyclic amines) is 1. The third kappa shape index (κ3) is 4.88. The Labute approximate surface area is 187 Å². The molecule has 1 aromatic heterocycles. The minimum Gasteiger partial charge on any atom is -0.338 e. The van der Waals surface area contributed by atoms with E-state index in [1.807, 2.05) is 30.3 Å². The molecular formula is C25H28F2N4O. The van der Waals surface area contributed by atoms with Crippen molar-refractivity contribution in [2.75, 3.05) is 13.6 Å². The van der Waals surface area contributed by atoms with Crippen LogP contribution in [0.15, 0.2) is 54.6 Å². The summed E-state index contributed by atoms with van der Waals surface area (Å²) in [5, 5.41) is 7.62. The Hall–Kier alpha value is -3.06. The predicted molar refractivity (Wildman–Crippen MR) is 120 cm³/mol. The lowest BCUT2D eigenvalue weighted by molar-refractivity contribution is -0.131. The van der Waals surface area contributed by atoms with Crippen molar-refractivity contribution in [1.29, 1.82) is 0 Å². The lowest BCUT2D eigenvalue weighted by atomic mass is 10.0. The van der Waals surface area contributed by atoms with E-state index >= 15 is 0 Å². The maximum Gasteiger partial charge on any atom is 0.222 e. The molecule has 1 fully saturated rings. The van der Waals surface area contributed by atoms with Gasteiger partial charge in [-0.3, -0.25) is 14.8 Å². The number of halogens is 2. The number of rotatable bonds is 6. The molecule has 0 aliphatic carbocycles. The van der Waals surface area contributed by atoms with Gasteiger partial charge in [0.2, 0.25) is 5.91 Å². The Morgan fingerprint density at radius 3 is 2.69 bits per heavy atom. The topological polar surface area (TPSA) is 52.2 Å². The quantitative estimate of drug-likeness (QED) is 0.594. The Morgan fingerprint density at radius 1 is 1.16 bits per heavy atom. The van der Waals surface area contributed by atoms with Crippen LogP contribution in [-0.4, -0.2) is 45.5 Å². The fraction of sp³-hybridized carbons (Fsp3) is 0.360. The fourth-order valence-corrected chi connectivity index (χ4v) is 4.30. The highest BCUT2D eigenvalue weighted by atomic mass is 19.1. The van der Waals surface area contributed by atoms with Crippen LogP contribution in [-0.2, 0) is 11.3 Å². The van der Waals surface area contributed by atoms with E-state index in [4.69, 9.17) is 0 Å². The molecule has 0 spiro atoms. The SMILES string of the molecule is CC(c1cc(-c2ccccc2)n[nH]1)N(C)C1CCC(=O)N(Cc2ccc(F)cc2F)CC1. The number of aromatic amines is 1. The zero-order chi connectivity index (χ0) is 22.7. The van der Waals surface area contributed by atoms with Crippen LogP contribution in [0.5, 0.6) is 0 Å². The van der Waals surface area contributed by atoms with Crippen LogP contribution in [0, 0.1) is 11.6 Å². The van der Waals surface area contributed by atoms with Gasteiger partial charge < -0.3 is 4.90 Å². The summed E-state index contributed by atoms with van der Waals surface area (Å²) in [4.78, 5) is 16.6. The molecule has 1 aliphatic heterocycles. The Bertz CT molecular complexity index is 1070. The van der Waals surface area contributed by atoms with E-state index in [9.17, 15) is 13.6 Å². The molecule has 1 aliphatic rings. The van der Waals surface area contributed by atoms with Gasteiger partial charge in [-0.25, -0.2) is 8.78 Å². The lowest BCUT2D eigenvalue weighted by Gasteiger charge is -2.32. The molecule has 32 heavy (non-hydrogen) atoms. The van der Waals surface area contributed by atoms with E-state index in [0.717, 1.165) is 35.9 Å². The van der Waals surface area contributed by atoms with Crippen LogP contribution >= 0.6 is 0 Å². The van der Waals surface area contributed by atoms with E-state index < -0.39 is 11.6 Å². The number of aromatic nitrogens is 2. The van der Waals surface area contributed by atoms with Crippen molar-refractivity contribution < 1.29 is 13.6 Å². The maximum atomic E-state index is 14.1. The molecule has 4 rings (SSSR count). The van der Waals surface area contributed by atoms with E-state index in [1.54, 1.807) is 4.90 Å². The van der Waals surface area contributed by atoms with Gasteiger partial charge in [0.1, 0.15) is 11.6 Å². The molecule has 1 saturated heterocycles. The molecule has 0 bridgehead atoms. The normalized spacial score (nSPS) is 18.1. The first-order chi connectivity index (χ1) is 15.4. The Balaban J connectivity index is 1.41. The summed E-state index contributed by atoms with van der Waals surface area (Å²) in [6, 6.07) is 15.9. The first-order valence-corrected chi connectivity index (χ1v) is 11.0. The van der Waals surface area contributed by atoms with Crippen molar-refractivity contribution in [2.45, 2.75) is 44.8 Å². The Morgan fingerprint density at radius 2 is 1.94 bits per heavy atom. The van der Waals surface area contributed by atoms with E-state index in [1.165, 1.54) is 12.1 Å². The summed E-state index contributed by atoms with van der Waals surface area (Å²) in [5.41, 5.74) is 3.33. The average Bonchev–Trinajstić information content (AvgIpc) is 3.22. The number of nitrogens with one attached hydrogen (secondary N) is 1. The van der Waals surface area contributed by atoms with Crippen molar-refractivity contribution in [2.24, 2.45) is 0 Å². The molecule has 1 amide bonds. The zero-order valence-electron chi connectivity index (χ0n) is 18.4. The van der Waals surface area contributed by atoms with Gasteiger partial charge in [0.25, 0.3) is 0 Å². The highest BCUT2D eigenvalue weighted by Gasteiger charge is 2.28. The summed E-state index contributed by atoms with van der Waals surface area (Å²) >= 11 is 0. The molecule has 3 aromatic rings. The first-order valence-electron chi connectivity index (χ1n) is 11.0. The van der Waals surface area contributed by atoms with Gasteiger partial charge in [-0.05, 0) is 38.9 Å². The molecule has 7 heteroatoms. The number of nitrogens with zero attached hydrogens (tertiary/aromatic N) is 3. The second-order valence-corrected chi connectivity index (χ2v) is 8.45. The Kier molecular flexibility index (Phi) is 6.65. The number of hydrogen-bond donors (Lipinski definition) is 1. The third-order valence-corrected chi connectivity index (χ3v) is 6.46. The number of amides is 1. The maximum absolute atomic E-state index is 14.1. The third-order valence-electron chi connectivity index (χ3n) is 6.46. The van der Waals surface area contributed by atoms with Crippen molar-refractivity contribution in [3.63, 3.8) is 0 Å². The van der Waals surface area contributed by atoms with Crippen molar-refractivity contribution >= 4 is 5.91 Å². The number of carbonyl (C=O) groups excluding carboxylic acids is 1. The standard InChI is InChI=1S/C25H28F2N4O/c1-17(23-15-24(29-28-23)18-6-4-3-5-7-18)30(2)21-10-11-25(32)31(13-12-21)16-19-8-9-20(26)14-22(19)27/h3-9,14-15,17,21H,10-13,16H2,1-2H3,(H,28,29). The van der Waals surface area contributed by atoms with Crippen LogP contribution in [0.1, 0.15) is 43.5 Å². The molecule has 2 unspecified atom stereocenters. The molecule has 0 saturated carbocycles. The van der Waals surface area contributed by atoms with E-state index in [0.29, 0.717) is 18.5 Å². The molecule has 2 heterocycles. The average molecular weight is 439 g/mol. The second kappa shape index (κ2) is 9.61. The van der Waals surface area contributed by atoms with Crippen LogP contribution < -0.4 is 0 Å². The van der Waals surface area contributed by atoms with Crippen molar-refractivity contribution in [3.8, 4) is 11.3 Å². The number of carbonyl (C=O) groups is 1. The summed E-state index contributed by atoms with van der Waals surface area (Å²) < 4.78 is 27.2. The van der Waals surface area contributed by atoms with Gasteiger partial charge in [0, 0.05) is 48.8 Å². The van der Waals surface area contributed by atoms with Crippen molar-refractivity contribution in [3.05, 3.63) is 77.5 Å². The predicted octanol–water partition coefficient (Wildman–Crippen LogP) is 4.93. The van der Waals surface area contributed by atoms with Gasteiger partial charge in [-0.1, -0.05) is 36.4 Å². The minimum absolute atomic E-state index is 0.00480. The summed E-state index contributed by atoms with van der Waals surface area (Å²) in [6.07, 6.45) is 1.93. The summed E-state index contributed by atoms with van der Waals surface area (Å²) in [5.74, 6) is -1.22. The second-order valence-electron chi connectivity index (χ2n) is 8.45. The minimum atomic E-state index is -0.613. The lowest BCUT2D eigenvalue weighted by Crippen LogP contribution is -2.35. The van der Waals surface area contributed by atoms with Gasteiger partial charge in [0.05, 0.1) is 11.4 Å². The van der Waals surface area contributed by atoms with Gasteiger partial charge >= 0.3 is 0 Å². The van der Waals surface area contributed by atoms with E-state index in [-0.39, 0.29) is 24.5 Å². The van der Waals surface area contributed by atoms with Gasteiger partial charge in [0.15, 0.2) is 0 Å². The highest BCUT2D eigenvalue weighted by molar-refractivity contribution is 5.76. The van der Waals surface area contributed by atoms with Crippen LogP contribution in [0.3, 0.4) is 0 Å². The molecular weight excluding hydrogens is 410 g/mol. The molecule has 168 valence electrons. The van der Waals surface area contributed by atoms with Crippen LogP contribution in [0.4, 0.5) is 8.78 Å². The van der Waals surface area contributed by atoms with Crippen LogP contribution in [0.2, 0.25) is 0 Å². The van der Waals surface area contributed by atoms with Crippen LogP contribution in [0.25, 0.3) is 11.3 Å². The summed E-state index contributed by atoms with van der Waals surface area (Å²) in [6.45, 7) is 2.83. The number of benzene rings is 2. The molecule has 1 N–H and O–H groups in total. The van der Waals surface area contributed by atoms with E-state index in [2.05, 4.69) is 35.1 Å². The monoisotopic (exact) mass is 438 g/mol. The van der Waals surface area contributed by atoms with Crippen molar-refractivity contribution in [1.82, 2.24) is 20.0 Å². The largest absolute Gasteiger partial charge is 0.338 e. The number of H-pyrrole nitrogens is 1. The first kappa shape index (κ1) is 22.1. The van der Waals surface area contributed by atoms with Gasteiger partial charge in [-0.2, -0.15) is 5.10 Å². The smallest absolute Gasteiger partial charge is 0.222 e. The molecule has 5 nitrogen and oxygen atoms in total. The molecule has 0 radical (unpaired) electrons. The molecule has 2 atom stereocenters. The zero-order valence-corrected chi connectivity index (χ0v) is 18.4. The number of hydrogen-bond acceptors (Lipinski definition) is 3. The molecule has 2 aromatic carbocycles. The summed E-state index contributed by atoms with van der Waals surface area (Å²) in [7, 11) is 2.07. The highest BCUT2D eigenvalue weighted by Crippen LogP contribution is 2.28.